The van der Waals surface area contributed by atoms with Crippen LogP contribution in [0.4, 0.5) is 0 Å². The number of rotatable bonds is 14. The van der Waals surface area contributed by atoms with Crippen LogP contribution in [0.5, 0.6) is 0 Å². The molecule has 9 heteroatoms. The number of aliphatic carboxylic acids is 2. The van der Waals surface area contributed by atoms with Crippen molar-refractivity contribution in [2.75, 3.05) is 18.8 Å². The van der Waals surface area contributed by atoms with Gasteiger partial charge in [-0.15, -0.1) is 11.8 Å². The lowest BCUT2D eigenvalue weighted by Gasteiger charge is -2.32. The third-order valence-electron chi connectivity index (χ3n) is 5.19. The molecule has 0 radical (unpaired) electrons. The van der Waals surface area contributed by atoms with Crippen molar-refractivity contribution in [2.45, 2.75) is 55.5 Å². The largest absolute Gasteiger partial charge is 0.481 e. The molecule has 3 atom stereocenters. The van der Waals surface area contributed by atoms with Crippen LogP contribution in [0.15, 0.2) is 30.3 Å². The van der Waals surface area contributed by atoms with Gasteiger partial charge in [-0.05, 0) is 37.8 Å². The molecule has 2 rings (SSSR count). The maximum Gasteiger partial charge on any atom is 0.320 e. The number of nitrogens with two attached hydrogens (primary N) is 1. The maximum absolute atomic E-state index is 13.4. The zero-order valence-electron chi connectivity index (χ0n) is 17.0. The van der Waals surface area contributed by atoms with Crippen LogP contribution >= 0.6 is 11.8 Å². The smallest absolute Gasteiger partial charge is 0.320 e. The number of hydrogen-bond acceptors (Lipinski definition) is 7. The van der Waals surface area contributed by atoms with E-state index in [0.29, 0.717) is 50.9 Å². The lowest BCUT2D eigenvalue weighted by Crippen LogP contribution is -2.57. The third kappa shape index (κ3) is 7.09. The van der Waals surface area contributed by atoms with E-state index in [1.54, 1.807) is 0 Å². The minimum absolute atomic E-state index is 0.296. The fourth-order valence-corrected chi connectivity index (χ4v) is 4.91. The second-order valence-corrected chi connectivity index (χ2v) is 8.85. The zero-order valence-corrected chi connectivity index (χ0v) is 17.8. The van der Waals surface area contributed by atoms with Crippen molar-refractivity contribution in [3.05, 3.63) is 35.9 Å². The Kier molecular flexibility index (Phi) is 9.77. The van der Waals surface area contributed by atoms with E-state index in [1.165, 1.54) is 11.8 Å². The zero-order chi connectivity index (χ0) is 22.0. The molecule has 0 spiro atoms. The first-order chi connectivity index (χ1) is 14.4. The van der Waals surface area contributed by atoms with Crippen molar-refractivity contribution in [3.8, 4) is 0 Å². The number of nitrogens with one attached hydrogen (secondary N) is 2. The molecule has 0 aromatic heterocycles. The van der Waals surface area contributed by atoms with Crippen molar-refractivity contribution in [2.24, 2.45) is 5.73 Å². The number of carboxylic acid groups (broad SMARTS) is 2. The van der Waals surface area contributed by atoms with Crippen molar-refractivity contribution in [3.63, 3.8) is 0 Å². The minimum atomic E-state index is -1.23. The van der Waals surface area contributed by atoms with Crippen molar-refractivity contribution in [1.82, 2.24) is 10.6 Å². The van der Waals surface area contributed by atoms with Crippen LogP contribution in [-0.4, -0.2) is 63.7 Å². The second-order valence-electron chi connectivity index (χ2n) is 7.46. The molecule has 0 saturated carbocycles. The Hall–Kier alpha value is -1.94. The molecule has 0 bridgehead atoms. The average molecular weight is 438 g/mol. The Bertz CT molecular complexity index is 710. The number of benzene rings is 1. The van der Waals surface area contributed by atoms with E-state index < -0.39 is 28.9 Å². The molecule has 0 unspecified atom stereocenters. The van der Waals surface area contributed by atoms with Gasteiger partial charge in [0.15, 0.2) is 5.78 Å². The fraction of sp³-hybridized carbons (Fsp3) is 0.571. The van der Waals surface area contributed by atoms with E-state index >= 15 is 0 Å². The predicted molar refractivity (Wildman–Crippen MR) is 116 cm³/mol. The molecule has 8 nitrogen and oxygen atoms in total. The van der Waals surface area contributed by atoms with Crippen LogP contribution in [0, 0.1) is 0 Å². The van der Waals surface area contributed by atoms with Gasteiger partial charge in [-0.25, -0.2) is 0 Å². The highest BCUT2D eigenvalue weighted by Gasteiger charge is 2.47. The standard InChI is InChI=1S/C21H31N3O5S/c22-11-5-4-8-16(19(27)21(14-18(25)26)23-12-13-30-21)24-17(20(28)29)10-9-15-6-2-1-3-7-15/h1-3,6-7,16-17,23-24H,4-5,8-14,22H2,(H,25,26)(H,28,29)/t16-,17-,21-/m0/s1. The van der Waals surface area contributed by atoms with Gasteiger partial charge in [-0.3, -0.25) is 25.0 Å². The summed E-state index contributed by atoms with van der Waals surface area (Å²) in [6, 6.07) is 7.90. The van der Waals surface area contributed by atoms with Gasteiger partial charge in [0, 0.05) is 12.3 Å². The van der Waals surface area contributed by atoms with E-state index in [-0.39, 0.29) is 12.2 Å². The molecular formula is C21H31N3O5S. The first-order valence-corrected chi connectivity index (χ1v) is 11.2. The lowest BCUT2D eigenvalue weighted by atomic mass is 9.95. The second kappa shape index (κ2) is 12.0. The summed E-state index contributed by atoms with van der Waals surface area (Å²) in [5.41, 5.74) is 6.59. The SMILES string of the molecule is NCCCC[C@H](N[C@@H](CCc1ccccc1)C(=O)O)C(=O)[C@@]1(CC(=O)O)NCCS1. The molecule has 1 aromatic rings. The first kappa shape index (κ1) is 24.3. The molecule has 6 N–H and O–H groups in total. The third-order valence-corrected chi connectivity index (χ3v) is 6.58. The number of ketones is 1. The van der Waals surface area contributed by atoms with Crippen molar-refractivity contribution < 1.29 is 24.6 Å². The Morgan fingerprint density at radius 3 is 2.43 bits per heavy atom. The number of hydrogen-bond donors (Lipinski definition) is 5. The summed E-state index contributed by atoms with van der Waals surface area (Å²) in [7, 11) is 0. The van der Waals surface area contributed by atoms with Crippen LogP contribution in [0.3, 0.4) is 0 Å². The van der Waals surface area contributed by atoms with Crippen molar-refractivity contribution in [1.29, 1.82) is 0 Å². The monoisotopic (exact) mass is 437 g/mol. The summed E-state index contributed by atoms with van der Waals surface area (Å²) < 4.78 is 0. The summed E-state index contributed by atoms with van der Waals surface area (Å²) in [5.74, 6) is -1.76. The Morgan fingerprint density at radius 2 is 1.87 bits per heavy atom. The summed E-state index contributed by atoms with van der Waals surface area (Å²) in [6.07, 6.45) is 2.31. The highest BCUT2D eigenvalue weighted by atomic mass is 32.2. The highest BCUT2D eigenvalue weighted by Crippen LogP contribution is 2.33. The number of thioether (sulfide) groups is 1. The minimum Gasteiger partial charge on any atom is -0.481 e. The number of Topliss-reactive ketones (excluding diaryl/α,β-unsaturated/α-hetero) is 1. The molecule has 30 heavy (non-hydrogen) atoms. The molecule has 1 saturated heterocycles. The first-order valence-electron chi connectivity index (χ1n) is 10.3. The number of unbranched alkanes of at least 4 members (excludes halogenated alkanes) is 1. The predicted octanol–water partition coefficient (Wildman–Crippen LogP) is 1.24. The number of carboxylic acids is 2. The van der Waals surface area contributed by atoms with Gasteiger partial charge in [0.05, 0.1) is 12.5 Å². The summed E-state index contributed by atoms with van der Waals surface area (Å²) in [4.78, 5) is 35.4. The maximum atomic E-state index is 13.4. The van der Waals surface area contributed by atoms with Crippen LogP contribution in [-0.2, 0) is 20.8 Å². The summed E-state index contributed by atoms with van der Waals surface area (Å²) in [5, 5.41) is 25.1. The fourth-order valence-electron chi connectivity index (χ4n) is 3.64. The van der Waals surface area contributed by atoms with E-state index in [4.69, 9.17) is 5.73 Å². The number of carbonyl (C=O) groups excluding carboxylic acids is 1. The van der Waals surface area contributed by atoms with Gasteiger partial charge < -0.3 is 15.9 Å². The van der Waals surface area contributed by atoms with E-state index in [2.05, 4.69) is 10.6 Å². The van der Waals surface area contributed by atoms with E-state index in [0.717, 1.165) is 5.56 Å². The van der Waals surface area contributed by atoms with Gasteiger partial charge >= 0.3 is 11.9 Å². The molecule has 0 aliphatic carbocycles. The van der Waals surface area contributed by atoms with Crippen LogP contribution in [0.25, 0.3) is 0 Å². The number of carbonyl (C=O) groups is 3. The van der Waals surface area contributed by atoms with Gasteiger partial charge in [-0.2, -0.15) is 0 Å². The summed E-state index contributed by atoms with van der Waals surface area (Å²) in [6.45, 7) is 1.01. The molecular weight excluding hydrogens is 406 g/mol. The Labute approximate surface area is 181 Å². The van der Waals surface area contributed by atoms with Gasteiger partial charge in [0.2, 0.25) is 0 Å². The normalized spacial score (nSPS) is 20.6. The molecule has 1 fully saturated rings. The summed E-state index contributed by atoms with van der Waals surface area (Å²) >= 11 is 1.29. The molecule has 1 aliphatic heterocycles. The lowest BCUT2D eigenvalue weighted by molar-refractivity contribution is -0.142. The van der Waals surface area contributed by atoms with Gasteiger partial charge in [-0.1, -0.05) is 36.8 Å². The average Bonchev–Trinajstić information content (AvgIpc) is 3.18. The molecule has 166 valence electrons. The van der Waals surface area contributed by atoms with Crippen LogP contribution in [0.1, 0.15) is 37.7 Å². The van der Waals surface area contributed by atoms with Gasteiger partial charge in [0.25, 0.3) is 0 Å². The highest BCUT2D eigenvalue weighted by molar-refractivity contribution is 8.01. The molecule has 0 amide bonds. The Morgan fingerprint density at radius 1 is 1.13 bits per heavy atom. The van der Waals surface area contributed by atoms with Gasteiger partial charge in [0.1, 0.15) is 10.9 Å². The van der Waals surface area contributed by atoms with E-state index in [9.17, 15) is 24.6 Å². The van der Waals surface area contributed by atoms with E-state index in [1.807, 2.05) is 30.3 Å². The quantitative estimate of drug-likeness (QED) is 0.272. The van der Waals surface area contributed by atoms with Crippen LogP contribution in [0.2, 0.25) is 0 Å². The topological polar surface area (TPSA) is 142 Å². The molecule has 1 heterocycles. The van der Waals surface area contributed by atoms with Crippen LogP contribution < -0.4 is 16.4 Å². The van der Waals surface area contributed by atoms with Crippen molar-refractivity contribution >= 4 is 29.5 Å². The molecule has 1 aromatic carbocycles. The molecule has 1 aliphatic rings. The Balaban J connectivity index is 2.15. The number of aryl methyl sites for hydroxylation is 1.